The van der Waals surface area contributed by atoms with E-state index in [0.29, 0.717) is 5.92 Å². The fourth-order valence-electron chi connectivity index (χ4n) is 11.5. The van der Waals surface area contributed by atoms with E-state index in [1.165, 1.54) is 83.6 Å². The molecular formula is C64H59N2O+. The van der Waals surface area contributed by atoms with Gasteiger partial charge in [0, 0.05) is 27.7 Å². The van der Waals surface area contributed by atoms with Gasteiger partial charge in [-0.25, -0.2) is 4.58 Å². The molecular weight excluding hydrogens is 813 g/mol. The zero-order valence-electron chi connectivity index (χ0n) is 40.0. The van der Waals surface area contributed by atoms with Crippen LogP contribution >= 0.6 is 0 Å². The largest absolute Gasteiger partial charge is 0.456 e. The van der Waals surface area contributed by atoms with E-state index in [9.17, 15) is 0 Å². The maximum Gasteiger partial charge on any atom is 0.330 e. The van der Waals surface area contributed by atoms with Crippen molar-refractivity contribution in [3.63, 3.8) is 0 Å². The fourth-order valence-corrected chi connectivity index (χ4v) is 11.5. The number of hydrogen-bond acceptors (Lipinski definition) is 2. The van der Waals surface area contributed by atoms with E-state index < -0.39 is 0 Å². The summed E-state index contributed by atoms with van der Waals surface area (Å²) < 4.78 is 8.83. The van der Waals surface area contributed by atoms with Gasteiger partial charge in [0.2, 0.25) is 0 Å². The van der Waals surface area contributed by atoms with Gasteiger partial charge in [-0.2, -0.15) is 0 Å². The molecule has 8 aromatic rings. The van der Waals surface area contributed by atoms with Crippen molar-refractivity contribution in [3.05, 3.63) is 231 Å². The quantitative estimate of drug-likeness (QED) is 0.133. The van der Waals surface area contributed by atoms with Crippen molar-refractivity contribution in [2.24, 2.45) is 10.9 Å². The van der Waals surface area contributed by atoms with Gasteiger partial charge in [-0.3, -0.25) is 0 Å². The summed E-state index contributed by atoms with van der Waals surface area (Å²) in [5.74, 6) is 1.32. The lowest BCUT2D eigenvalue weighted by Gasteiger charge is -2.23. The average molecular weight is 872 g/mol. The minimum atomic E-state index is -0.0186. The van der Waals surface area contributed by atoms with Crippen LogP contribution in [0, 0.1) is 12.8 Å². The molecule has 3 nitrogen and oxygen atoms in total. The van der Waals surface area contributed by atoms with Gasteiger partial charge in [-0.05, 0) is 159 Å². The standard InChI is InChI=1S/C64H59N2O/c1-8-43(36-48-21-12-13-24-51(48)55-39-56-52-25-14-16-27-57(52)64(5,6)58(56)35-40(55)2)47-22-18-23-49(37-47)61-41(3)42(4)62(46-31-29-45(30-32-46)44-19-10-9-11-20-44)66(7)63(65-61)50-33-34-54-53-26-15-17-28-59(53)67-60(54)38-50/h9-29,31,33-35,37-39,41,43H,8,30,32,36H2,1-7H3/q+1. The molecule has 0 radical (unpaired) electrons. The molecule has 3 heteroatoms. The van der Waals surface area contributed by atoms with Crippen LogP contribution in [0.4, 0.5) is 0 Å². The molecule has 2 unspecified atom stereocenters. The first-order chi connectivity index (χ1) is 32.6. The maximum absolute atomic E-state index is 6.48. The normalized spacial score (nSPS) is 17.2. The van der Waals surface area contributed by atoms with Crippen molar-refractivity contribution in [1.29, 1.82) is 0 Å². The highest BCUT2D eigenvalue weighted by atomic mass is 16.3. The van der Waals surface area contributed by atoms with Crippen LogP contribution in [0.1, 0.15) is 104 Å². The summed E-state index contributed by atoms with van der Waals surface area (Å²) in [5, 5.41) is 2.25. The number of para-hydroxylation sites is 1. The number of rotatable bonds is 9. The van der Waals surface area contributed by atoms with E-state index in [2.05, 4.69) is 217 Å². The molecule has 1 aromatic heterocycles. The third kappa shape index (κ3) is 7.37. The Morgan fingerprint density at radius 2 is 1.33 bits per heavy atom. The number of hydrogen-bond donors (Lipinski definition) is 0. The summed E-state index contributed by atoms with van der Waals surface area (Å²) in [6.07, 6.45) is 8.61. The zero-order valence-corrected chi connectivity index (χ0v) is 40.0. The second-order valence-electron chi connectivity index (χ2n) is 19.7. The van der Waals surface area contributed by atoms with E-state index >= 15 is 0 Å². The second kappa shape index (κ2) is 17.0. The fraction of sp³-hybridized carbons (Fsp3) is 0.219. The first kappa shape index (κ1) is 42.5. The molecule has 1 aliphatic heterocycles. The lowest BCUT2D eigenvalue weighted by atomic mass is 9.80. The van der Waals surface area contributed by atoms with Gasteiger partial charge in [0.15, 0.2) is 5.71 Å². The number of aryl methyl sites for hydroxylation is 1. The number of fused-ring (bicyclic) bond motifs is 6. The van der Waals surface area contributed by atoms with Crippen LogP contribution in [0.2, 0.25) is 0 Å². The lowest BCUT2D eigenvalue weighted by Crippen LogP contribution is -2.19. The average Bonchev–Trinajstić information content (AvgIpc) is 3.81. The Balaban J connectivity index is 0.985. The summed E-state index contributed by atoms with van der Waals surface area (Å²) in [5.41, 5.74) is 24.0. The number of amidine groups is 1. The van der Waals surface area contributed by atoms with Crippen molar-refractivity contribution in [2.45, 2.75) is 78.6 Å². The summed E-state index contributed by atoms with van der Waals surface area (Å²) in [6, 6.07) is 58.1. The number of allylic oxidation sites excluding steroid dienone is 5. The SMILES string of the molecule is CCC(Cc1ccccc1-c1cc2c(cc1C)C(C)(C)c1ccccc1-2)c1cccc(C2=NC(c3ccc4c(c3)oc3ccccc34)=[N+](C)C(C3=CC=C(c4ccccc4)CC3)=C(C)C2C)c1. The third-order valence-electron chi connectivity index (χ3n) is 15.4. The van der Waals surface area contributed by atoms with Crippen molar-refractivity contribution in [1.82, 2.24) is 0 Å². The van der Waals surface area contributed by atoms with E-state index in [1.807, 2.05) is 6.07 Å². The van der Waals surface area contributed by atoms with Crippen molar-refractivity contribution in [2.75, 3.05) is 7.05 Å². The molecule has 67 heavy (non-hydrogen) atoms. The van der Waals surface area contributed by atoms with Crippen molar-refractivity contribution < 1.29 is 8.99 Å². The molecule has 2 heterocycles. The first-order valence-electron chi connectivity index (χ1n) is 24.3. The molecule has 11 rings (SSSR count). The van der Waals surface area contributed by atoms with E-state index in [0.717, 1.165) is 64.7 Å². The Labute approximate surface area is 396 Å². The van der Waals surface area contributed by atoms with Gasteiger partial charge < -0.3 is 4.42 Å². The number of nitrogens with zero attached hydrogens (tertiary/aromatic N) is 2. The van der Waals surface area contributed by atoms with Crippen LogP contribution in [0.25, 0.3) is 49.8 Å². The molecule has 0 spiro atoms. The van der Waals surface area contributed by atoms with E-state index in [1.54, 1.807) is 0 Å². The summed E-state index contributed by atoms with van der Waals surface area (Å²) in [6.45, 7) is 14.0. The maximum atomic E-state index is 6.48. The highest BCUT2D eigenvalue weighted by Crippen LogP contribution is 2.51. The van der Waals surface area contributed by atoms with Gasteiger partial charge in [0.25, 0.3) is 0 Å². The Kier molecular flexibility index (Phi) is 10.8. The van der Waals surface area contributed by atoms with Crippen LogP contribution < -0.4 is 0 Å². The molecule has 0 N–H and O–H groups in total. The first-order valence-corrected chi connectivity index (χ1v) is 24.3. The minimum Gasteiger partial charge on any atom is -0.456 e. The monoisotopic (exact) mass is 871 g/mol. The molecule has 0 saturated carbocycles. The molecule has 0 fully saturated rings. The number of furan rings is 1. The van der Waals surface area contributed by atoms with Crippen molar-refractivity contribution >= 4 is 39.1 Å². The minimum absolute atomic E-state index is 0.0186. The third-order valence-corrected chi connectivity index (χ3v) is 15.4. The number of likely N-dealkylation sites (N-methyl/N-ethyl adjacent to an activating group) is 1. The lowest BCUT2D eigenvalue weighted by molar-refractivity contribution is -0.441. The van der Waals surface area contributed by atoms with Crippen LogP contribution in [0.3, 0.4) is 0 Å². The highest BCUT2D eigenvalue weighted by Gasteiger charge is 2.37. The van der Waals surface area contributed by atoms with Crippen molar-refractivity contribution in [3.8, 4) is 22.3 Å². The second-order valence-corrected chi connectivity index (χ2v) is 19.7. The molecule has 0 saturated heterocycles. The molecule has 330 valence electrons. The molecule has 7 aromatic carbocycles. The predicted molar refractivity (Wildman–Crippen MR) is 282 cm³/mol. The molecule has 2 atom stereocenters. The summed E-state index contributed by atoms with van der Waals surface area (Å²) in [4.78, 5) is 5.76. The van der Waals surface area contributed by atoms with Crippen LogP contribution in [-0.2, 0) is 11.8 Å². The molecule has 0 amide bonds. The highest BCUT2D eigenvalue weighted by molar-refractivity contribution is 6.15. The molecule has 0 bridgehead atoms. The summed E-state index contributed by atoms with van der Waals surface area (Å²) >= 11 is 0. The topological polar surface area (TPSA) is 28.5 Å². The van der Waals surface area contributed by atoms with E-state index in [4.69, 9.17) is 9.41 Å². The zero-order chi connectivity index (χ0) is 46.0. The van der Waals surface area contributed by atoms with E-state index in [-0.39, 0.29) is 11.3 Å². The van der Waals surface area contributed by atoms with Crippen LogP contribution in [0.5, 0.6) is 0 Å². The van der Waals surface area contributed by atoms with Crippen LogP contribution in [0.15, 0.2) is 196 Å². The van der Waals surface area contributed by atoms with Gasteiger partial charge in [0.1, 0.15) is 16.9 Å². The Hall–Kier alpha value is -7.10. The Morgan fingerprint density at radius 1 is 0.627 bits per heavy atom. The molecule has 3 aliphatic rings. The van der Waals surface area contributed by atoms with Gasteiger partial charge in [0.05, 0.1) is 12.6 Å². The van der Waals surface area contributed by atoms with Gasteiger partial charge >= 0.3 is 5.84 Å². The number of aliphatic imine (C=N–C) groups is 1. The molecule has 2 aliphatic carbocycles. The van der Waals surface area contributed by atoms with Gasteiger partial charge in [-0.15, -0.1) is 0 Å². The van der Waals surface area contributed by atoms with Crippen LogP contribution in [-0.4, -0.2) is 23.2 Å². The smallest absolute Gasteiger partial charge is 0.330 e. The number of benzene rings is 7. The van der Waals surface area contributed by atoms with Gasteiger partial charge in [-0.1, -0.05) is 161 Å². The summed E-state index contributed by atoms with van der Waals surface area (Å²) in [7, 11) is 2.21. The Morgan fingerprint density at radius 3 is 2.13 bits per heavy atom. The predicted octanol–water partition coefficient (Wildman–Crippen LogP) is 16.2. The Bertz CT molecular complexity index is 3440.